The fourth-order valence-corrected chi connectivity index (χ4v) is 2.04. The summed E-state index contributed by atoms with van der Waals surface area (Å²) in [7, 11) is 1.95. The number of benzene rings is 1. The van der Waals surface area contributed by atoms with Crippen molar-refractivity contribution >= 4 is 29.0 Å². The van der Waals surface area contributed by atoms with Gasteiger partial charge in [0.05, 0.1) is 6.54 Å². The van der Waals surface area contributed by atoms with Gasteiger partial charge in [-0.15, -0.1) is 0 Å². The summed E-state index contributed by atoms with van der Waals surface area (Å²) in [6, 6.07) is 5.54. The fraction of sp³-hybridized carbons (Fsp3) is 0.462. The fourth-order valence-electron chi connectivity index (χ4n) is 1.55. The number of likely N-dealkylation sites (N-methyl/N-ethyl adjacent to an activating group) is 1. The third-order valence-electron chi connectivity index (χ3n) is 2.74. The Morgan fingerprint density at radius 3 is 2.89 bits per heavy atom. The lowest BCUT2D eigenvalue weighted by Gasteiger charge is -2.16. The highest BCUT2D eigenvalue weighted by Gasteiger charge is 2.08. The van der Waals surface area contributed by atoms with Crippen molar-refractivity contribution in [1.29, 1.82) is 0 Å². The van der Waals surface area contributed by atoms with Gasteiger partial charge in [-0.1, -0.05) is 6.07 Å². The van der Waals surface area contributed by atoms with E-state index in [0.29, 0.717) is 12.2 Å². The Bertz CT molecular complexity index is 409. The average Bonchev–Trinajstić information content (AvgIpc) is 2.32. The molecule has 0 spiro atoms. The molecule has 0 unspecified atom stereocenters. The summed E-state index contributed by atoms with van der Waals surface area (Å²) >= 11 is 1.78. The van der Waals surface area contributed by atoms with Crippen LogP contribution in [0, 0.1) is 6.92 Å². The second-order valence-electron chi connectivity index (χ2n) is 4.30. The van der Waals surface area contributed by atoms with E-state index in [1.54, 1.807) is 11.8 Å². The van der Waals surface area contributed by atoms with Crippen molar-refractivity contribution in [3.63, 3.8) is 0 Å². The Morgan fingerprint density at radius 2 is 2.22 bits per heavy atom. The Hall–Kier alpha value is -1.20. The van der Waals surface area contributed by atoms with Gasteiger partial charge >= 0.3 is 0 Å². The number of hydrogen-bond acceptors (Lipinski definition) is 4. The lowest BCUT2D eigenvalue weighted by Crippen LogP contribution is -2.31. The molecule has 0 atom stereocenters. The van der Waals surface area contributed by atoms with Crippen LogP contribution in [0.1, 0.15) is 5.56 Å². The Balaban J connectivity index is 2.52. The van der Waals surface area contributed by atoms with Crippen molar-refractivity contribution in [2.45, 2.75) is 6.92 Å². The van der Waals surface area contributed by atoms with Crippen molar-refractivity contribution in [3.8, 4) is 0 Å². The van der Waals surface area contributed by atoms with Crippen LogP contribution in [-0.4, -0.2) is 43.0 Å². The molecule has 0 saturated carbocycles. The normalized spacial score (nSPS) is 10.7. The SMILES string of the molecule is CSCCN(C)CC(=O)Nc1cccc(N)c1C. The number of nitrogens with zero attached hydrogens (tertiary/aromatic N) is 1. The minimum absolute atomic E-state index is 0.00713. The maximum atomic E-state index is 11.8. The van der Waals surface area contributed by atoms with E-state index >= 15 is 0 Å². The van der Waals surface area contributed by atoms with Gasteiger partial charge < -0.3 is 11.1 Å². The van der Waals surface area contributed by atoms with Crippen molar-refractivity contribution in [2.24, 2.45) is 0 Å². The van der Waals surface area contributed by atoms with E-state index in [1.165, 1.54) is 0 Å². The van der Waals surface area contributed by atoms with Crippen molar-refractivity contribution < 1.29 is 4.79 Å². The van der Waals surface area contributed by atoms with Crippen LogP contribution in [-0.2, 0) is 4.79 Å². The summed E-state index contributed by atoms with van der Waals surface area (Å²) in [5, 5.41) is 2.89. The zero-order chi connectivity index (χ0) is 13.5. The van der Waals surface area contributed by atoms with Gasteiger partial charge in [0.1, 0.15) is 0 Å². The van der Waals surface area contributed by atoms with Crippen LogP contribution in [0.25, 0.3) is 0 Å². The molecule has 1 amide bonds. The van der Waals surface area contributed by atoms with Gasteiger partial charge in [-0.3, -0.25) is 9.69 Å². The second-order valence-corrected chi connectivity index (χ2v) is 5.28. The van der Waals surface area contributed by atoms with E-state index < -0.39 is 0 Å². The van der Waals surface area contributed by atoms with Gasteiger partial charge in [-0.2, -0.15) is 11.8 Å². The molecular weight excluding hydrogens is 246 g/mol. The molecule has 5 heteroatoms. The molecule has 3 N–H and O–H groups in total. The van der Waals surface area contributed by atoms with Crippen LogP contribution in [0.3, 0.4) is 0 Å². The van der Waals surface area contributed by atoms with Gasteiger partial charge in [0.25, 0.3) is 0 Å². The van der Waals surface area contributed by atoms with Crippen LogP contribution in [0.2, 0.25) is 0 Å². The Kier molecular flexibility index (Phi) is 6.01. The van der Waals surface area contributed by atoms with Gasteiger partial charge in [0.15, 0.2) is 0 Å². The molecule has 0 fully saturated rings. The summed E-state index contributed by atoms with van der Waals surface area (Å²) in [6.45, 7) is 3.21. The summed E-state index contributed by atoms with van der Waals surface area (Å²) in [6.07, 6.45) is 2.06. The highest BCUT2D eigenvalue weighted by molar-refractivity contribution is 7.98. The van der Waals surface area contributed by atoms with Gasteiger partial charge in [0, 0.05) is 23.7 Å². The van der Waals surface area contributed by atoms with E-state index in [-0.39, 0.29) is 5.91 Å². The van der Waals surface area contributed by atoms with E-state index in [0.717, 1.165) is 23.5 Å². The first-order valence-electron chi connectivity index (χ1n) is 5.87. The number of nitrogens with two attached hydrogens (primary N) is 1. The molecule has 0 aliphatic rings. The molecule has 1 aromatic carbocycles. The lowest BCUT2D eigenvalue weighted by atomic mass is 10.1. The van der Waals surface area contributed by atoms with Crippen LogP contribution < -0.4 is 11.1 Å². The predicted molar refractivity (Wildman–Crippen MR) is 80.1 cm³/mol. The standard InChI is InChI=1S/C13H21N3OS/c1-10-11(14)5-4-6-12(10)15-13(17)9-16(2)7-8-18-3/h4-6H,7-9,14H2,1-3H3,(H,15,17). The number of anilines is 2. The molecule has 1 aromatic rings. The largest absolute Gasteiger partial charge is 0.398 e. The monoisotopic (exact) mass is 267 g/mol. The van der Waals surface area contributed by atoms with Crippen LogP contribution >= 0.6 is 11.8 Å². The van der Waals surface area contributed by atoms with Crippen molar-refractivity contribution in [3.05, 3.63) is 23.8 Å². The van der Waals surface area contributed by atoms with Crippen LogP contribution in [0.5, 0.6) is 0 Å². The highest BCUT2D eigenvalue weighted by Crippen LogP contribution is 2.20. The average molecular weight is 267 g/mol. The number of rotatable bonds is 6. The summed E-state index contributed by atoms with van der Waals surface area (Å²) < 4.78 is 0. The smallest absolute Gasteiger partial charge is 0.238 e. The van der Waals surface area contributed by atoms with Crippen LogP contribution in [0.15, 0.2) is 18.2 Å². The zero-order valence-corrected chi connectivity index (χ0v) is 12.0. The minimum Gasteiger partial charge on any atom is -0.398 e. The predicted octanol–water partition coefficient (Wildman–Crippen LogP) is 1.81. The molecule has 0 heterocycles. The highest BCUT2D eigenvalue weighted by atomic mass is 32.2. The molecular formula is C13H21N3OS. The molecule has 18 heavy (non-hydrogen) atoms. The summed E-state index contributed by atoms with van der Waals surface area (Å²) in [5.74, 6) is 1.02. The molecule has 0 radical (unpaired) electrons. The first-order chi connectivity index (χ1) is 8.54. The van der Waals surface area contributed by atoms with Gasteiger partial charge in [0.2, 0.25) is 5.91 Å². The quantitative estimate of drug-likeness (QED) is 0.772. The zero-order valence-electron chi connectivity index (χ0n) is 11.2. The van der Waals surface area contributed by atoms with Gasteiger partial charge in [-0.25, -0.2) is 0 Å². The molecule has 0 aliphatic heterocycles. The topological polar surface area (TPSA) is 58.4 Å². The molecule has 0 bridgehead atoms. The van der Waals surface area contributed by atoms with E-state index in [1.807, 2.05) is 37.1 Å². The molecule has 4 nitrogen and oxygen atoms in total. The molecule has 0 aromatic heterocycles. The maximum Gasteiger partial charge on any atom is 0.238 e. The first-order valence-corrected chi connectivity index (χ1v) is 7.26. The molecule has 100 valence electrons. The minimum atomic E-state index is -0.00713. The molecule has 1 rings (SSSR count). The maximum absolute atomic E-state index is 11.8. The van der Waals surface area contributed by atoms with Crippen molar-refractivity contribution in [2.75, 3.05) is 43.2 Å². The number of nitrogens with one attached hydrogen (secondary N) is 1. The number of carbonyl (C=O) groups excluding carboxylic acids is 1. The summed E-state index contributed by atoms with van der Waals surface area (Å²) in [5.41, 5.74) is 8.20. The second kappa shape index (κ2) is 7.28. The third kappa shape index (κ3) is 4.58. The number of hydrogen-bond donors (Lipinski definition) is 2. The van der Waals surface area contributed by atoms with E-state index in [4.69, 9.17) is 5.73 Å². The number of carbonyl (C=O) groups is 1. The molecule has 0 saturated heterocycles. The van der Waals surface area contributed by atoms with E-state index in [2.05, 4.69) is 11.6 Å². The summed E-state index contributed by atoms with van der Waals surface area (Å²) in [4.78, 5) is 13.9. The molecule has 0 aliphatic carbocycles. The van der Waals surface area contributed by atoms with Crippen LogP contribution in [0.4, 0.5) is 11.4 Å². The first kappa shape index (κ1) is 14.9. The number of amides is 1. The Morgan fingerprint density at radius 1 is 1.50 bits per heavy atom. The van der Waals surface area contributed by atoms with Gasteiger partial charge in [-0.05, 0) is 37.9 Å². The lowest BCUT2D eigenvalue weighted by molar-refractivity contribution is -0.117. The third-order valence-corrected chi connectivity index (χ3v) is 3.33. The number of thioether (sulfide) groups is 1. The van der Waals surface area contributed by atoms with Crippen molar-refractivity contribution in [1.82, 2.24) is 4.90 Å². The van der Waals surface area contributed by atoms with E-state index in [9.17, 15) is 4.79 Å². The number of nitrogen functional groups attached to an aromatic ring is 1. The Labute approximate surface area is 113 Å².